The molecule has 0 spiro atoms. The number of thioether (sulfide) groups is 1. The Hall–Kier alpha value is -1.80. The van der Waals surface area contributed by atoms with Crippen LogP contribution in [0.5, 0.6) is 0 Å². The number of halogens is 3. The number of carbonyl (C=O) groups is 1. The number of pyridine rings is 1. The van der Waals surface area contributed by atoms with Gasteiger partial charge in [-0.2, -0.15) is 13.2 Å². The molecule has 0 aliphatic rings. The minimum absolute atomic E-state index is 0.252. The summed E-state index contributed by atoms with van der Waals surface area (Å²) in [6.07, 6.45) is -4.54. The first-order chi connectivity index (χ1) is 11.3. The lowest BCUT2D eigenvalue weighted by molar-refractivity contribution is -0.141. The van der Waals surface area contributed by atoms with Gasteiger partial charge in [-0.3, -0.25) is 4.79 Å². The first kappa shape index (κ1) is 18.5. The first-order valence-electron chi connectivity index (χ1n) is 7.23. The number of ether oxygens (including phenoxy) is 1. The van der Waals surface area contributed by atoms with E-state index < -0.39 is 17.1 Å². The van der Waals surface area contributed by atoms with E-state index in [1.54, 1.807) is 25.1 Å². The Morgan fingerprint density at radius 3 is 2.75 bits per heavy atom. The molecule has 1 heterocycles. The first-order valence-corrected chi connectivity index (χ1v) is 8.11. The van der Waals surface area contributed by atoms with Gasteiger partial charge >= 0.3 is 6.18 Å². The van der Waals surface area contributed by atoms with Gasteiger partial charge in [0, 0.05) is 23.9 Å². The zero-order chi connectivity index (χ0) is 17.7. The van der Waals surface area contributed by atoms with E-state index >= 15 is 0 Å². The molecule has 1 atom stereocenters. The second-order valence-electron chi connectivity index (χ2n) is 5.06. The summed E-state index contributed by atoms with van der Waals surface area (Å²) in [5.74, 6) is -0.258. The largest absolute Gasteiger partial charge is 0.433 e. The van der Waals surface area contributed by atoms with Crippen molar-refractivity contribution in [1.82, 2.24) is 10.3 Å². The third kappa shape index (κ3) is 4.61. The number of amides is 1. The predicted molar refractivity (Wildman–Crippen MR) is 86.9 cm³/mol. The van der Waals surface area contributed by atoms with Crippen LogP contribution < -0.4 is 5.32 Å². The van der Waals surface area contributed by atoms with Crippen LogP contribution in [-0.4, -0.2) is 36.4 Å². The number of fused-ring (bicyclic) bond motifs is 1. The predicted octanol–water partition coefficient (Wildman–Crippen LogP) is 3.50. The zero-order valence-electron chi connectivity index (χ0n) is 13.2. The molecule has 1 aromatic heterocycles. The van der Waals surface area contributed by atoms with E-state index in [1.807, 2.05) is 0 Å². The summed E-state index contributed by atoms with van der Waals surface area (Å²) >= 11 is 1.08. The fraction of sp³-hybridized carbons (Fsp3) is 0.375. The molecule has 2 rings (SSSR count). The number of nitrogens with zero attached hydrogens (tertiary/aromatic N) is 1. The molecule has 0 aliphatic carbocycles. The summed E-state index contributed by atoms with van der Waals surface area (Å²) in [5.41, 5.74) is -0.711. The summed E-state index contributed by atoms with van der Waals surface area (Å²) in [7, 11) is 1.52. The number of carbonyl (C=O) groups excluding carboxylic acids is 1. The molecule has 0 radical (unpaired) electrons. The van der Waals surface area contributed by atoms with E-state index in [9.17, 15) is 18.0 Å². The van der Waals surface area contributed by atoms with Crippen LogP contribution in [0.25, 0.3) is 10.9 Å². The van der Waals surface area contributed by atoms with Crippen molar-refractivity contribution in [2.75, 3.05) is 20.3 Å². The standard InChI is InChI=1S/C16H17F3N2O2S/c1-10(15(22)20-7-8-23-2)24-13-9-14(16(17,18)19)21-12-6-4-3-5-11(12)13/h3-6,9-10H,7-8H2,1-2H3,(H,20,22)/t10-/m1/s1. The molecule has 1 aromatic carbocycles. The second kappa shape index (κ2) is 7.85. The molecule has 0 unspecified atom stereocenters. The van der Waals surface area contributed by atoms with Gasteiger partial charge in [0.05, 0.1) is 17.4 Å². The Balaban J connectivity index is 2.28. The Kier molecular flexibility index (Phi) is 6.06. The third-order valence-electron chi connectivity index (χ3n) is 3.25. The normalized spacial score (nSPS) is 13.0. The Morgan fingerprint density at radius 1 is 1.38 bits per heavy atom. The Labute approximate surface area is 141 Å². The van der Waals surface area contributed by atoms with Crippen LogP contribution in [0, 0.1) is 0 Å². The summed E-state index contributed by atoms with van der Waals surface area (Å²) in [5, 5.41) is 2.72. The highest BCUT2D eigenvalue weighted by molar-refractivity contribution is 8.00. The van der Waals surface area contributed by atoms with E-state index in [4.69, 9.17) is 4.74 Å². The maximum absolute atomic E-state index is 13.0. The monoisotopic (exact) mass is 358 g/mol. The van der Waals surface area contributed by atoms with Crippen LogP contribution in [0.1, 0.15) is 12.6 Å². The molecule has 0 saturated carbocycles. The molecular weight excluding hydrogens is 341 g/mol. The van der Waals surface area contributed by atoms with E-state index in [0.29, 0.717) is 23.4 Å². The van der Waals surface area contributed by atoms with Gasteiger partial charge < -0.3 is 10.1 Å². The van der Waals surface area contributed by atoms with E-state index in [-0.39, 0.29) is 11.4 Å². The number of alkyl halides is 3. The number of para-hydroxylation sites is 1. The molecule has 4 nitrogen and oxygen atoms in total. The number of hydrogen-bond donors (Lipinski definition) is 1. The quantitative estimate of drug-likeness (QED) is 0.634. The lowest BCUT2D eigenvalue weighted by atomic mass is 10.2. The van der Waals surface area contributed by atoms with Gasteiger partial charge in [0.1, 0.15) is 5.69 Å². The smallest absolute Gasteiger partial charge is 0.383 e. The molecule has 0 saturated heterocycles. The van der Waals surface area contributed by atoms with Crippen LogP contribution >= 0.6 is 11.8 Å². The summed E-state index contributed by atoms with van der Waals surface area (Å²) in [6, 6.07) is 7.57. The summed E-state index contributed by atoms with van der Waals surface area (Å²) < 4.78 is 43.9. The molecule has 0 aliphatic heterocycles. The number of nitrogens with one attached hydrogen (secondary N) is 1. The maximum Gasteiger partial charge on any atom is 0.433 e. The van der Waals surface area contributed by atoms with E-state index in [0.717, 1.165) is 17.8 Å². The SMILES string of the molecule is COCCNC(=O)[C@@H](C)Sc1cc(C(F)(F)F)nc2ccccc12. The number of hydrogen-bond acceptors (Lipinski definition) is 4. The molecule has 24 heavy (non-hydrogen) atoms. The van der Waals surface area contributed by atoms with E-state index in [1.165, 1.54) is 13.2 Å². The summed E-state index contributed by atoms with van der Waals surface area (Å²) in [6.45, 7) is 2.37. The van der Waals surface area contributed by atoms with Gasteiger partial charge in [-0.25, -0.2) is 4.98 Å². The van der Waals surface area contributed by atoms with Gasteiger partial charge in [0.15, 0.2) is 0 Å². The van der Waals surface area contributed by atoms with Gasteiger partial charge in [-0.05, 0) is 19.1 Å². The number of rotatable bonds is 6. The second-order valence-corrected chi connectivity index (χ2v) is 6.45. The van der Waals surface area contributed by atoms with Crippen molar-refractivity contribution in [2.45, 2.75) is 23.2 Å². The molecule has 2 aromatic rings. The number of aromatic nitrogens is 1. The molecule has 1 amide bonds. The van der Waals surface area contributed by atoms with Crippen LogP contribution in [0.15, 0.2) is 35.2 Å². The molecular formula is C16H17F3N2O2S. The van der Waals surface area contributed by atoms with Crippen LogP contribution in [-0.2, 0) is 15.7 Å². The van der Waals surface area contributed by atoms with Crippen molar-refractivity contribution in [3.05, 3.63) is 36.0 Å². The number of methoxy groups -OCH3 is 1. The van der Waals surface area contributed by atoms with Gasteiger partial charge in [-0.15, -0.1) is 11.8 Å². The van der Waals surface area contributed by atoms with Crippen LogP contribution in [0.3, 0.4) is 0 Å². The topological polar surface area (TPSA) is 51.2 Å². The Morgan fingerprint density at radius 2 is 2.08 bits per heavy atom. The van der Waals surface area contributed by atoms with Crippen molar-refractivity contribution in [3.8, 4) is 0 Å². The Bertz CT molecular complexity index is 722. The van der Waals surface area contributed by atoms with Crippen molar-refractivity contribution < 1.29 is 22.7 Å². The fourth-order valence-electron chi connectivity index (χ4n) is 2.05. The molecule has 0 fully saturated rings. The summed E-state index contributed by atoms with van der Waals surface area (Å²) in [4.78, 5) is 16.1. The highest BCUT2D eigenvalue weighted by Crippen LogP contribution is 2.36. The molecule has 130 valence electrons. The van der Waals surface area contributed by atoms with Gasteiger partial charge in [0.2, 0.25) is 5.91 Å². The van der Waals surface area contributed by atoms with Crippen LogP contribution in [0.4, 0.5) is 13.2 Å². The zero-order valence-corrected chi connectivity index (χ0v) is 14.0. The number of benzene rings is 1. The van der Waals surface area contributed by atoms with Gasteiger partial charge in [-0.1, -0.05) is 18.2 Å². The molecule has 0 bridgehead atoms. The highest BCUT2D eigenvalue weighted by atomic mass is 32.2. The van der Waals surface area contributed by atoms with Crippen molar-refractivity contribution in [1.29, 1.82) is 0 Å². The van der Waals surface area contributed by atoms with Crippen LogP contribution in [0.2, 0.25) is 0 Å². The lowest BCUT2D eigenvalue weighted by Gasteiger charge is -2.15. The minimum Gasteiger partial charge on any atom is -0.383 e. The van der Waals surface area contributed by atoms with E-state index in [2.05, 4.69) is 10.3 Å². The van der Waals surface area contributed by atoms with Crippen molar-refractivity contribution in [2.24, 2.45) is 0 Å². The van der Waals surface area contributed by atoms with Crippen molar-refractivity contribution >= 4 is 28.6 Å². The lowest BCUT2D eigenvalue weighted by Crippen LogP contribution is -2.33. The average molecular weight is 358 g/mol. The molecule has 1 N–H and O–H groups in total. The van der Waals surface area contributed by atoms with Crippen molar-refractivity contribution in [3.63, 3.8) is 0 Å². The highest BCUT2D eigenvalue weighted by Gasteiger charge is 2.33. The third-order valence-corrected chi connectivity index (χ3v) is 4.41. The fourth-order valence-corrected chi connectivity index (χ4v) is 3.10. The average Bonchev–Trinajstić information content (AvgIpc) is 2.54. The minimum atomic E-state index is -4.54. The molecule has 8 heteroatoms. The maximum atomic E-state index is 13.0. The van der Waals surface area contributed by atoms with Gasteiger partial charge in [0.25, 0.3) is 0 Å².